The van der Waals surface area contributed by atoms with Gasteiger partial charge in [0.1, 0.15) is 5.75 Å². The number of ether oxygens (including phenoxy) is 1. The van der Waals surface area contributed by atoms with Crippen molar-refractivity contribution in [3.8, 4) is 5.75 Å². The highest BCUT2D eigenvalue weighted by atomic mass is 127. The van der Waals surface area contributed by atoms with E-state index in [9.17, 15) is 0 Å². The van der Waals surface area contributed by atoms with Gasteiger partial charge in [0.05, 0.1) is 18.2 Å². The molecule has 0 radical (unpaired) electrons. The molecule has 5 heteroatoms. The molecule has 2 aromatic rings. The summed E-state index contributed by atoms with van der Waals surface area (Å²) in [6.07, 6.45) is 0. The first-order valence-electron chi connectivity index (χ1n) is 6.13. The summed E-state index contributed by atoms with van der Waals surface area (Å²) in [5, 5.41) is 0.589. The number of hydrogen-bond donors (Lipinski definition) is 2. The average molecular weight is 403 g/mol. The van der Waals surface area contributed by atoms with E-state index in [-0.39, 0.29) is 6.04 Å². The third kappa shape index (κ3) is 3.09. The minimum Gasteiger partial charge on any atom is -0.495 e. The zero-order valence-electron chi connectivity index (χ0n) is 11.3. The molecule has 0 aliphatic heterocycles. The van der Waals surface area contributed by atoms with E-state index in [1.54, 1.807) is 7.11 Å². The molecule has 0 saturated heterocycles. The number of methoxy groups -OCH3 is 1. The van der Waals surface area contributed by atoms with E-state index in [2.05, 4.69) is 47.1 Å². The third-order valence-electron chi connectivity index (χ3n) is 3.21. The van der Waals surface area contributed by atoms with Crippen LogP contribution in [0.15, 0.2) is 36.4 Å². The first-order chi connectivity index (χ1) is 9.58. The normalized spacial score (nSPS) is 12.2. The Labute approximate surface area is 137 Å². The summed E-state index contributed by atoms with van der Waals surface area (Å²) in [5.41, 5.74) is 6.24. The van der Waals surface area contributed by atoms with Gasteiger partial charge in [0.25, 0.3) is 0 Å². The van der Waals surface area contributed by atoms with Crippen LogP contribution in [0.1, 0.15) is 22.7 Å². The summed E-state index contributed by atoms with van der Waals surface area (Å²) in [4.78, 5) is 0. The number of aryl methyl sites for hydroxylation is 1. The second kappa shape index (κ2) is 6.76. The van der Waals surface area contributed by atoms with Gasteiger partial charge >= 0.3 is 0 Å². The van der Waals surface area contributed by atoms with Crippen molar-refractivity contribution in [2.75, 3.05) is 7.11 Å². The minimum atomic E-state index is -0.104. The molecule has 0 aromatic heterocycles. The molecule has 2 rings (SSSR count). The lowest BCUT2D eigenvalue weighted by Crippen LogP contribution is -2.29. The van der Waals surface area contributed by atoms with Crippen LogP contribution in [0, 0.1) is 10.5 Å². The van der Waals surface area contributed by atoms with Crippen LogP contribution in [0.3, 0.4) is 0 Å². The Morgan fingerprint density at radius 1 is 1.30 bits per heavy atom. The summed E-state index contributed by atoms with van der Waals surface area (Å²) in [6, 6.07) is 11.8. The molecule has 0 amide bonds. The summed E-state index contributed by atoms with van der Waals surface area (Å²) in [5.74, 6) is 6.40. The molecule has 2 aromatic carbocycles. The number of rotatable bonds is 4. The molecule has 0 bridgehead atoms. The van der Waals surface area contributed by atoms with Gasteiger partial charge in [-0.15, -0.1) is 0 Å². The van der Waals surface area contributed by atoms with Gasteiger partial charge < -0.3 is 4.74 Å². The molecule has 0 saturated carbocycles. The maximum Gasteiger partial charge on any atom is 0.137 e. The van der Waals surface area contributed by atoms with Crippen LogP contribution >= 0.6 is 34.2 Å². The summed E-state index contributed by atoms with van der Waals surface area (Å²) in [7, 11) is 1.60. The Morgan fingerprint density at radius 2 is 2.05 bits per heavy atom. The van der Waals surface area contributed by atoms with E-state index < -0.39 is 0 Å². The van der Waals surface area contributed by atoms with Gasteiger partial charge in [-0.2, -0.15) is 0 Å². The van der Waals surface area contributed by atoms with Crippen molar-refractivity contribution in [3.63, 3.8) is 0 Å². The van der Waals surface area contributed by atoms with Gasteiger partial charge in [0, 0.05) is 3.57 Å². The smallest absolute Gasteiger partial charge is 0.137 e. The Morgan fingerprint density at radius 3 is 2.70 bits per heavy atom. The molecule has 3 N–H and O–H groups in total. The highest BCUT2D eigenvalue weighted by molar-refractivity contribution is 14.1. The monoisotopic (exact) mass is 402 g/mol. The molecule has 0 heterocycles. The topological polar surface area (TPSA) is 47.3 Å². The molecular weight excluding hydrogens is 387 g/mol. The van der Waals surface area contributed by atoms with Crippen LogP contribution in [0.25, 0.3) is 0 Å². The summed E-state index contributed by atoms with van der Waals surface area (Å²) >= 11 is 8.41. The van der Waals surface area contributed by atoms with Crippen LogP contribution in [0.2, 0.25) is 5.02 Å². The van der Waals surface area contributed by atoms with Gasteiger partial charge in [-0.3, -0.25) is 5.84 Å². The molecular formula is C15H16ClIN2O. The number of halogens is 2. The van der Waals surface area contributed by atoms with Gasteiger partial charge in [0.2, 0.25) is 0 Å². The van der Waals surface area contributed by atoms with E-state index in [1.165, 1.54) is 9.13 Å². The van der Waals surface area contributed by atoms with Crippen molar-refractivity contribution in [2.24, 2.45) is 5.84 Å². The zero-order valence-corrected chi connectivity index (χ0v) is 14.2. The van der Waals surface area contributed by atoms with Gasteiger partial charge in [-0.1, -0.05) is 35.9 Å². The summed E-state index contributed by atoms with van der Waals surface area (Å²) < 4.78 is 6.46. The highest BCUT2D eigenvalue weighted by Crippen LogP contribution is 2.32. The second-order valence-electron chi connectivity index (χ2n) is 4.47. The third-order valence-corrected chi connectivity index (χ3v) is 4.99. The molecule has 0 aliphatic carbocycles. The number of hydrogen-bond acceptors (Lipinski definition) is 3. The van der Waals surface area contributed by atoms with Crippen LogP contribution in [0.4, 0.5) is 0 Å². The molecule has 3 nitrogen and oxygen atoms in total. The van der Waals surface area contributed by atoms with Gasteiger partial charge in [0.15, 0.2) is 0 Å². The molecule has 20 heavy (non-hydrogen) atoms. The van der Waals surface area contributed by atoms with Gasteiger partial charge in [-0.05, 0) is 58.3 Å². The van der Waals surface area contributed by atoms with E-state index in [0.29, 0.717) is 10.8 Å². The van der Waals surface area contributed by atoms with Crippen LogP contribution in [-0.2, 0) is 0 Å². The highest BCUT2D eigenvalue weighted by Gasteiger charge is 2.17. The second-order valence-corrected chi connectivity index (χ2v) is 5.96. The van der Waals surface area contributed by atoms with Crippen LogP contribution < -0.4 is 16.0 Å². The van der Waals surface area contributed by atoms with E-state index in [1.807, 2.05) is 24.3 Å². The fourth-order valence-electron chi connectivity index (χ4n) is 2.11. The average Bonchev–Trinajstić information content (AvgIpc) is 2.45. The van der Waals surface area contributed by atoms with Crippen LogP contribution in [-0.4, -0.2) is 7.11 Å². The predicted molar refractivity (Wildman–Crippen MR) is 91.1 cm³/mol. The van der Waals surface area contributed by atoms with Crippen molar-refractivity contribution in [2.45, 2.75) is 13.0 Å². The Hall–Kier alpha value is -0.820. The predicted octanol–water partition coefficient (Wildman–Crippen LogP) is 3.81. The Kier molecular flexibility index (Phi) is 5.26. The largest absolute Gasteiger partial charge is 0.495 e. The fourth-order valence-corrected chi connectivity index (χ4v) is 2.98. The van der Waals surface area contributed by atoms with Crippen molar-refractivity contribution in [1.29, 1.82) is 0 Å². The Balaban J connectivity index is 2.49. The first kappa shape index (κ1) is 15.6. The molecule has 1 unspecified atom stereocenters. The zero-order chi connectivity index (χ0) is 14.7. The van der Waals surface area contributed by atoms with Crippen molar-refractivity contribution in [1.82, 2.24) is 5.43 Å². The quantitative estimate of drug-likeness (QED) is 0.464. The lowest BCUT2D eigenvalue weighted by molar-refractivity contribution is 0.414. The molecule has 0 fully saturated rings. The van der Waals surface area contributed by atoms with E-state index >= 15 is 0 Å². The lowest BCUT2D eigenvalue weighted by atomic mass is 9.98. The van der Waals surface area contributed by atoms with E-state index in [0.717, 1.165) is 11.1 Å². The maximum atomic E-state index is 6.07. The number of benzene rings is 2. The van der Waals surface area contributed by atoms with Crippen LogP contribution in [0.5, 0.6) is 5.75 Å². The van der Waals surface area contributed by atoms with Crippen molar-refractivity contribution in [3.05, 3.63) is 61.7 Å². The number of nitrogens with two attached hydrogens (primary N) is 1. The van der Waals surface area contributed by atoms with Crippen molar-refractivity contribution >= 4 is 34.2 Å². The molecule has 0 aliphatic rings. The molecule has 0 spiro atoms. The SMILES string of the molecule is COc1cc(C(NN)c2cccc(C)c2I)ccc1Cl. The molecule has 106 valence electrons. The Bertz CT molecular complexity index is 619. The number of hydrazine groups is 1. The fraction of sp³-hybridized carbons (Fsp3) is 0.200. The van der Waals surface area contributed by atoms with Gasteiger partial charge in [-0.25, -0.2) is 5.43 Å². The molecule has 1 atom stereocenters. The standard InChI is InChI=1S/C15H16ClIN2O/c1-9-4-3-5-11(14(9)17)15(19-18)10-6-7-12(16)13(8-10)20-2/h3-8,15,19H,18H2,1-2H3. The maximum absolute atomic E-state index is 6.07. The summed E-state index contributed by atoms with van der Waals surface area (Å²) in [6.45, 7) is 2.08. The van der Waals surface area contributed by atoms with E-state index in [4.69, 9.17) is 22.2 Å². The number of nitrogens with one attached hydrogen (secondary N) is 1. The lowest BCUT2D eigenvalue weighted by Gasteiger charge is -2.20. The first-order valence-corrected chi connectivity index (χ1v) is 7.58. The minimum absolute atomic E-state index is 0.104. The van der Waals surface area contributed by atoms with Crippen molar-refractivity contribution < 1.29 is 4.74 Å².